The maximum atomic E-state index is 12.2. The van der Waals surface area contributed by atoms with E-state index in [0.717, 1.165) is 23.4 Å². The van der Waals surface area contributed by atoms with E-state index >= 15 is 0 Å². The minimum atomic E-state index is -1.20. The number of thiazole rings is 1. The van der Waals surface area contributed by atoms with Gasteiger partial charge in [-0.05, 0) is 37.8 Å². The molecule has 1 aliphatic carbocycles. The number of anilines is 1. The number of aliphatic hydroxyl groups is 1. The molecule has 0 atom stereocenters. The topological polar surface area (TPSA) is 62.2 Å². The quantitative estimate of drug-likeness (QED) is 0.912. The number of hydrogen-bond donors (Lipinski definition) is 2. The molecule has 2 N–H and O–H groups in total. The lowest BCUT2D eigenvalue weighted by atomic mass is 10.0. The molecule has 0 radical (unpaired) electrons. The maximum Gasteiger partial charge on any atom is 0.256 e. The largest absolute Gasteiger partial charge is 0.380 e. The highest BCUT2D eigenvalue weighted by molar-refractivity contribution is 7.13. The zero-order valence-electron chi connectivity index (χ0n) is 11.0. The van der Waals surface area contributed by atoms with Crippen molar-refractivity contribution < 1.29 is 9.90 Å². The van der Waals surface area contributed by atoms with Crippen LogP contribution in [0.3, 0.4) is 0 Å². The molecule has 0 aliphatic heterocycles. The summed E-state index contributed by atoms with van der Waals surface area (Å²) in [4.78, 5) is 16.4. The van der Waals surface area contributed by atoms with E-state index < -0.39 is 5.60 Å². The molecular weight excluding hydrogens is 272 g/mol. The summed E-state index contributed by atoms with van der Waals surface area (Å²) in [5.74, 6) is -0.300. The van der Waals surface area contributed by atoms with Crippen LogP contribution >= 0.6 is 11.3 Å². The van der Waals surface area contributed by atoms with Crippen LogP contribution in [0.25, 0.3) is 10.6 Å². The zero-order chi connectivity index (χ0) is 14.0. The summed E-state index contributed by atoms with van der Waals surface area (Å²) >= 11 is 1.55. The molecule has 1 aromatic heterocycles. The molecule has 20 heavy (non-hydrogen) atoms. The Morgan fingerprint density at radius 2 is 2.15 bits per heavy atom. The predicted octanol–water partition coefficient (Wildman–Crippen LogP) is 3.05. The van der Waals surface area contributed by atoms with Crippen LogP contribution in [0.2, 0.25) is 0 Å². The number of aromatic nitrogens is 1. The Morgan fingerprint density at radius 1 is 1.35 bits per heavy atom. The Morgan fingerprint density at radius 3 is 2.85 bits per heavy atom. The van der Waals surface area contributed by atoms with Crippen molar-refractivity contribution in [2.75, 3.05) is 5.32 Å². The fourth-order valence-corrected chi connectivity index (χ4v) is 3.17. The number of carbonyl (C=O) groups is 1. The van der Waals surface area contributed by atoms with Crippen LogP contribution in [0.5, 0.6) is 0 Å². The molecule has 0 saturated heterocycles. The predicted molar refractivity (Wildman–Crippen MR) is 79.6 cm³/mol. The molecule has 104 valence electrons. The van der Waals surface area contributed by atoms with E-state index in [0.29, 0.717) is 18.5 Å². The maximum absolute atomic E-state index is 12.2. The lowest BCUT2D eigenvalue weighted by molar-refractivity contribution is -0.133. The van der Waals surface area contributed by atoms with Crippen molar-refractivity contribution in [3.8, 4) is 10.6 Å². The van der Waals surface area contributed by atoms with E-state index in [-0.39, 0.29) is 5.91 Å². The molecule has 2 aromatic rings. The first-order chi connectivity index (χ1) is 9.67. The van der Waals surface area contributed by atoms with Gasteiger partial charge in [0.15, 0.2) is 0 Å². The summed E-state index contributed by atoms with van der Waals surface area (Å²) in [6.07, 6.45) is 4.66. The Balaban J connectivity index is 1.78. The number of amides is 1. The monoisotopic (exact) mass is 288 g/mol. The van der Waals surface area contributed by atoms with Crippen LogP contribution in [-0.2, 0) is 4.79 Å². The molecule has 0 unspecified atom stereocenters. The minimum absolute atomic E-state index is 0.300. The van der Waals surface area contributed by atoms with Crippen molar-refractivity contribution in [2.24, 2.45) is 0 Å². The van der Waals surface area contributed by atoms with Crippen LogP contribution in [-0.4, -0.2) is 21.6 Å². The van der Waals surface area contributed by atoms with Gasteiger partial charge in [-0.15, -0.1) is 11.3 Å². The van der Waals surface area contributed by atoms with Gasteiger partial charge in [0.1, 0.15) is 10.6 Å². The zero-order valence-corrected chi connectivity index (χ0v) is 11.8. The van der Waals surface area contributed by atoms with Crippen molar-refractivity contribution in [3.05, 3.63) is 35.8 Å². The van der Waals surface area contributed by atoms with Gasteiger partial charge in [-0.2, -0.15) is 0 Å². The first kappa shape index (κ1) is 13.3. The average molecular weight is 288 g/mol. The van der Waals surface area contributed by atoms with Crippen molar-refractivity contribution in [2.45, 2.75) is 31.3 Å². The molecule has 1 fully saturated rings. The SMILES string of the molecule is O=C(Nc1cccc(-c2nccs2)c1)C1(O)CCCC1. The number of carbonyl (C=O) groups excluding carboxylic acids is 1. The third-order valence-corrected chi connectivity index (χ3v) is 4.48. The molecule has 5 heteroatoms. The third kappa shape index (κ3) is 2.59. The third-order valence-electron chi connectivity index (χ3n) is 3.65. The molecule has 4 nitrogen and oxygen atoms in total. The van der Waals surface area contributed by atoms with E-state index in [1.807, 2.05) is 29.6 Å². The lowest BCUT2D eigenvalue weighted by Crippen LogP contribution is -2.40. The standard InChI is InChI=1S/C15H16N2O2S/c18-14(15(19)6-1-2-7-15)17-12-5-3-4-11(10-12)13-16-8-9-20-13/h3-5,8-10,19H,1-2,6-7H2,(H,17,18). The highest BCUT2D eigenvalue weighted by atomic mass is 32.1. The van der Waals surface area contributed by atoms with Gasteiger partial charge in [-0.25, -0.2) is 4.98 Å². The fraction of sp³-hybridized carbons (Fsp3) is 0.333. The normalized spacial score (nSPS) is 17.1. The van der Waals surface area contributed by atoms with E-state index in [4.69, 9.17) is 0 Å². The van der Waals surface area contributed by atoms with Crippen molar-refractivity contribution in [1.82, 2.24) is 4.98 Å². The summed E-state index contributed by atoms with van der Waals surface area (Å²) in [6.45, 7) is 0. The summed E-state index contributed by atoms with van der Waals surface area (Å²) in [5.41, 5.74) is 0.469. The first-order valence-corrected chi connectivity index (χ1v) is 7.59. The van der Waals surface area contributed by atoms with Crippen LogP contribution < -0.4 is 5.32 Å². The number of nitrogens with one attached hydrogen (secondary N) is 1. The average Bonchev–Trinajstić information content (AvgIpc) is 3.11. The molecule has 1 aromatic carbocycles. The summed E-state index contributed by atoms with van der Waals surface area (Å²) in [6, 6.07) is 7.55. The van der Waals surface area contributed by atoms with Gasteiger partial charge in [0.05, 0.1) is 0 Å². The first-order valence-electron chi connectivity index (χ1n) is 6.71. The minimum Gasteiger partial charge on any atom is -0.380 e. The lowest BCUT2D eigenvalue weighted by Gasteiger charge is -2.21. The second kappa shape index (κ2) is 5.34. The van der Waals surface area contributed by atoms with Crippen LogP contribution in [0.1, 0.15) is 25.7 Å². The number of nitrogens with zero attached hydrogens (tertiary/aromatic N) is 1. The number of benzene rings is 1. The highest BCUT2D eigenvalue weighted by Crippen LogP contribution is 2.31. The molecule has 1 aliphatic rings. The Kier molecular flexibility index (Phi) is 3.54. The van der Waals surface area contributed by atoms with Crippen LogP contribution in [0.4, 0.5) is 5.69 Å². The molecule has 1 heterocycles. The van der Waals surface area contributed by atoms with Gasteiger partial charge in [-0.3, -0.25) is 4.79 Å². The van der Waals surface area contributed by atoms with Gasteiger partial charge >= 0.3 is 0 Å². The van der Waals surface area contributed by atoms with E-state index in [1.54, 1.807) is 17.5 Å². The number of hydrogen-bond acceptors (Lipinski definition) is 4. The van der Waals surface area contributed by atoms with E-state index in [2.05, 4.69) is 10.3 Å². The van der Waals surface area contributed by atoms with Gasteiger partial charge < -0.3 is 10.4 Å². The second-order valence-electron chi connectivity index (χ2n) is 5.11. The molecule has 1 amide bonds. The van der Waals surface area contributed by atoms with Crippen molar-refractivity contribution in [3.63, 3.8) is 0 Å². The second-order valence-corrected chi connectivity index (χ2v) is 6.01. The summed E-state index contributed by atoms with van der Waals surface area (Å²) in [7, 11) is 0. The highest BCUT2D eigenvalue weighted by Gasteiger charge is 2.38. The van der Waals surface area contributed by atoms with Crippen molar-refractivity contribution >= 4 is 22.9 Å². The Hall–Kier alpha value is -1.72. The molecule has 1 saturated carbocycles. The summed E-state index contributed by atoms with van der Waals surface area (Å²) < 4.78 is 0. The smallest absolute Gasteiger partial charge is 0.256 e. The molecule has 0 bridgehead atoms. The van der Waals surface area contributed by atoms with Gasteiger partial charge in [0, 0.05) is 22.8 Å². The number of rotatable bonds is 3. The van der Waals surface area contributed by atoms with Crippen LogP contribution in [0, 0.1) is 0 Å². The van der Waals surface area contributed by atoms with E-state index in [9.17, 15) is 9.90 Å². The van der Waals surface area contributed by atoms with E-state index in [1.165, 1.54) is 0 Å². The van der Waals surface area contributed by atoms with Gasteiger partial charge in [0.2, 0.25) is 0 Å². The van der Waals surface area contributed by atoms with Gasteiger partial charge in [0.25, 0.3) is 5.91 Å². The van der Waals surface area contributed by atoms with Crippen LogP contribution in [0.15, 0.2) is 35.8 Å². The fourth-order valence-electron chi connectivity index (χ4n) is 2.53. The molecule has 0 spiro atoms. The summed E-state index contributed by atoms with van der Waals surface area (Å²) in [5, 5.41) is 15.9. The molecular formula is C15H16N2O2S. The molecule has 3 rings (SSSR count). The Labute approximate surface area is 121 Å². The Bertz CT molecular complexity index is 604. The van der Waals surface area contributed by atoms with Crippen molar-refractivity contribution in [1.29, 1.82) is 0 Å². The van der Waals surface area contributed by atoms with Gasteiger partial charge in [-0.1, -0.05) is 12.1 Å².